The van der Waals surface area contributed by atoms with E-state index in [0.717, 1.165) is 29.3 Å². The zero-order valence-electron chi connectivity index (χ0n) is 12.8. The van der Waals surface area contributed by atoms with E-state index >= 15 is 0 Å². The van der Waals surface area contributed by atoms with Crippen molar-refractivity contribution in [2.24, 2.45) is 0 Å². The van der Waals surface area contributed by atoms with E-state index in [9.17, 15) is 4.79 Å². The number of rotatable bonds is 5. The summed E-state index contributed by atoms with van der Waals surface area (Å²) in [6.45, 7) is 3.53. The molecule has 21 heavy (non-hydrogen) atoms. The Labute approximate surface area is 125 Å². The third kappa shape index (κ3) is 3.49. The van der Waals surface area contributed by atoms with Crippen LogP contribution in [0.2, 0.25) is 0 Å². The van der Waals surface area contributed by atoms with E-state index in [2.05, 4.69) is 15.2 Å². The number of nitrogen functional groups attached to an aromatic ring is 1. The number of anilines is 1. The smallest absolute Gasteiger partial charge is 0.270 e. The van der Waals surface area contributed by atoms with Gasteiger partial charge in [-0.15, -0.1) is 0 Å². The molecular weight excluding hydrogens is 264 g/mol. The molecule has 0 aliphatic heterocycles. The Morgan fingerprint density at radius 1 is 1.29 bits per heavy atom. The normalized spacial score (nSPS) is 11.0. The molecule has 0 saturated heterocycles. The third-order valence-electron chi connectivity index (χ3n) is 3.49. The van der Waals surface area contributed by atoms with Crippen molar-refractivity contribution in [1.82, 2.24) is 15.2 Å². The zero-order valence-corrected chi connectivity index (χ0v) is 12.8. The Morgan fingerprint density at radius 3 is 2.76 bits per heavy atom. The van der Waals surface area contributed by atoms with Crippen LogP contribution in [0.5, 0.6) is 0 Å². The molecule has 0 bridgehead atoms. The first-order valence-corrected chi connectivity index (χ1v) is 7.07. The number of nitrogens with two attached hydrogens (primary N) is 1. The molecular formula is C16H22N4O. The first-order valence-electron chi connectivity index (χ1n) is 7.07. The monoisotopic (exact) mass is 286 g/mol. The Kier molecular flexibility index (Phi) is 4.75. The lowest BCUT2D eigenvalue weighted by molar-refractivity contribution is 0.0949. The van der Waals surface area contributed by atoms with Crippen LogP contribution in [0.1, 0.15) is 22.5 Å². The van der Waals surface area contributed by atoms with Crippen molar-refractivity contribution in [3.05, 3.63) is 35.7 Å². The van der Waals surface area contributed by atoms with Crippen LogP contribution < -0.4 is 11.1 Å². The Morgan fingerprint density at radius 2 is 2.05 bits per heavy atom. The second-order valence-corrected chi connectivity index (χ2v) is 5.46. The van der Waals surface area contributed by atoms with E-state index in [1.807, 2.05) is 39.2 Å². The van der Waals surface area contributed by atoms with Crippen molar-refractivity contribution in [3.8, 4) is 0 Å². The highest BCUT2D eigenvalue weighted by atomic mass is 16.1. The predicted octanol–water partition coefficient (Wildman–Crippen LogP) is 1.81. The van der Waals surface area contributed by atoms with Gasteiger partial charge in [-0.3, -0.25) is 9.78 Å². The minimum absolute atomic E-state index is 0.150. The standard InChI is InChI=1S/C16H22N4O/c1-11-5-6-13-12(14(11)17)7-9-18-15(13)16(21)19-8-4-10-20(2)3/h5-7,9H,4,8,10,17H2,1-3H3,(H,19,21). The van der Waals surface area contributed by atoms with E-state index in [-0.39, 0.29) is 5.91 Å². The van der Waals surface area contributed by atoms with Gasteiger partial charge in [0.15, 0.2) is 0 Å². The van der Waals surface area contributed by atoms with E-state index in [4.69, 9.17) is 5.73 Å². The average Bonchev–Trinajstić information content (AvgIpc) is 2.46. The van der Waals surface area contributed by atoms with Gasteiger partial charge < -0.3 is 16.0 Å². The summed E-state index contributed by atoms with van der Waals surface area (Å²) in [5.41, 5.74) is 8.22. The second-order valence-electron chi connectivity index (χ2n) is 5.46. The fourth-order valence-electron chi connectivity index (χ4n) is 2.25. The van der Waals surface area contributed by atoms with E-state index < -0.39 is 0 Å². The summed E-state index contributed by atoms with van der Waals surface area (Å²) in [6.07, 6.45) is 2.54. The summed E-state index contributed by atoms with van der Waals surface area (Å²) in [4.78, 5) is 18.6. The number of carbonyl (C=O) groups is 1. The van der Waals surface area contributed by atoms with E-state index in [1.54, 1.807) is 6.20 Å². The number of nitrogens with zero attached hydrogens (tertiary/aromatic N) is 2. The number of aryl methyl sites for hydroxylation is 1. The summed E-state index contributed by atoms with van der Waals surface area (Å²) < 4.78 is 0. The second kappa shape index (κ2) is 6.54. The quantitative estimate of drug-likeness (QED) is 0.649. The lowest BCUT2D eigenvalue weighted by Crippen LogP contribution is -2.28. The number of carbonyl (C=O) groups excluding carboxylic acids is 1. The maximum atomic E-state index is 12.3. The number of hydrogen-bond donors (Lipinski definition) is 2. The molecule has 3 N–H and O–H groups in total. The summed E-state index contributed by atoms with van der Waals surface area (Å²) in [5.74, 6) is -0.150. The first kappa shape index (κ1) is 15.3. The molecule has 0 saturated carbocycles. The van der Waals surface area contributed by atoms with Gasteiger partial charge in [-0.25, -0.2) is 0 Å². The van der Waals surface area contributed by atoms with Gasteiger partial charge in [0.05, 0.1) is 0 Å². The molecule has 5 nitrogen and oxygen atoms in total. The molecule has 0 fully saturated rings. The SMILES string of the molecule is Cc1ccc2c(C(=O)NCCCN(C)C)nccc2c1N. The number of amides is 1. The van der Waals surface area contributed by atoms with Gasteiger partial charge in [-0.2, -0.15) is 0 Å². The van der Waals surface area contributed by atoms with Gasteiger partial charge in [0, 0.05) is 29.2 Å². The van der Waals surface area contributed by atoms with E-state index in [0.29, 0.717) is 17.9 Å². The van der Waals surface area contributed by atoms with Crippen molar-refractivity contribution >= 4 is 22.4 Å². The van der Waals surface area contributed by atoms with Gasteiger partial charge in [0.1, 0.15) is 5.69 Å². The molecule has 2 rings (SSSR count). The van der Waals surface area contributed by atoms with Crippen LogP contribution >= 0.6 is 0 Å². The van der Waals surface area contributed by atoms with Crippen molar-refractivity contribution in [2.45, 2.75) is 13.3 Å². The topological polar surface area (TPSA) is 71.2 Å². The molecule has 1 aromatic carbocycles. The number of aromatic nitrogens is 1. The summed E-state index contributed by atoms with van der Waals surface area (Å²) in [7, 11) is 4.03. The molecule has 112 valence electrons. The molecule has 5 heteroatoms. The lowest BCUT2D eigenvalue weighted by atomic mass is 10.0. The number of fused-ring (bicyclic) bond motifs is 1. The average molecular weight is 286 g/mol. The van der Waals surface area contributed by atoms with Crippen LogP contribution in [0, 0.1) is 6.92 Å². The Hall–Kier alpha value is -2.14. The largest absolute Gasteiger partial charge is 0.398 e. The zero-order chi connectivity index (χ0) is 15.4. The van der Waals surface area contributed by atoms with Crippen molar-refractivity contribution < 1.29 is 4.79 Å². The van der Waals surface area contributed by atoms with Crippen LogP contribution in [0.25, 0.3) is 10.8 Å². The third-order valence-corrected chi connectivity index (χ3v) is 3.49. The Balaban J connectivity index is 2.18. The highest BCUT2D eigenvalue weighted by Gasteiger charge is 2.13. The summed E-state index contributed by atoms with van der Waals surface area (Å²) in [5, 5.41) is 4.59. The molecule has 0 aliphatic carbocycles. The van der Waals surface area contributed by atoms with Gasteiger partial charge in [-0.05, 0) is 45.6 Å². The highest BCUT2D eigenvalue weighted by molar-refractivity contribution is 6.08. The molecule has 2 aromatic rings. The number of pyridine rings is 1. The molecule has 1 amide bonds. The Bertz CT molecular complexity index is 652. The van der Waals surface area contributed by atoms with Crippen LogP contribution in [-0.4, -0.2) is 43.0 Å². The molecule has 0 unspecified atom stereocenters. The van der Waals surface area contributed by atoms with Crippen molar-refractivity contribution in [2.75, 3.05) is 32.9 Å². The fourth-order valence-corrected chi connectivity index (χ4v) is 2.25. The summed E-state index contributed by atoms with van der Waals surface area (Å²) >= 11 is 0. The lowest BCUT2D eigenvalue weighted by Gasteiger charge is -2.11. The van der Waals surface area contributed by atoms with Crippen molar-refractivity contribution in [1.29, 1.82) is 0 Å². The van der Waals surface area contributed by atoms with Gasteiger partial charge >= 0.3 is 0 Å². The molecule has 1 heterocycles. The van der Waals surface area contributed by atoms with Crippen molar-refractivity contribution in [3.63, 3.8) is 0 Å². The fraction of sp³-hybridized carbons (Fsp3) is 0.375. The minimum atomic E-state index is -0.150. The van der Waals surface area contributed by atoms with Gasteiger partial charge in [-0.1, -0.05) is 12.1 Å². The van der Waals surface area contributed by atoms with Crippen LogP contribution in [-0.2, 0) is 0 Å². The molecule has 0 spiro atoms. The maximum absolute atomic E-state index is 12.3. The molecule has 0 atom stereocenters. The number of hydrogen-bond acceptors (Lipinski definition) is 4. The van der Waals surface area contributed by atoms with Gasteiger partial charge in [0.25, 0.3) is 5.91 Å². The molecule has 1 aromatic heterocycles. The molecule has 0 aliphatic rings. The maximum Gasteiger partial charge on any atom is 0.270 e. The summed E-state index contributed by atoms with van der Waals surface area (Å²) in [6, 6.07) is 5.67. The minimum Gasteiger partial charge on any atom is -0.398 e. The van der Waals surface area contributed by atoms with Crippen LogP contribution in [0.15, 0.2) is 24.4 Å². The molecule has 0 radical (unpaired) electrons. The first-order chi connectivity index (χ1) is 10.0. The van der Waals surface area contributed by atoms with Crippen LogP contribution in [0.4, 0.5) is 5.69 Å². The van der Waals surface area contributed by atoms with E-state index in [1.165, 1.54) is 0 Å². The highest BCUT2D eigenvalue weighted by Crippen LogP contribution is 2.25. The van der Waals surface area contributed by atoms with Crippen LogP contribution in [0.3, 0.4) is 0 Å². The predicted molar refractivity (Wildman–Crippen MR) is 86.4 cm³/mol. The van der Waals surface area contributed by atoms with Gasteiger partial charge in [0.2, 0.25) is 0 Å². The number of nitrogens with one attached hydrogen (secondary N) is 1. The number of benzene rings is 1.